The van der Waals surface area contributed by atoms with Gasteiger partial charge in [0.05, 0.1) is 0 Å². The Morgan fingerprint density at radius 2 is 1.86 bits per heavy atom. The lowest BCUT2D eigenvalue weighted by atomic mass is 10.1. The molecule has 0 spiro atoms. The van der Waals surface area contributed by atoms with Crippen molar-refractivity contribution in [3.63, 3.8) is 0 Å². The van der Waals surface area contributed by atoms with Crippen molar-refractivity contribution in [3.05, 3.63) is 23.5 Å². The van der Waals surface area contributed by atoms with E-state index < -0.39 is 0 Å². The quantitative estimate of drug-likeness (QED) is 0.391. The molecule has 14 heavy (non-hydrogen) atoms. The minimum Gasteiger partial charge on any atom is -0.431 e. The number of hydrogen-bond acceptors (Lipinski definition) is 2. The van der Waals surface area contributed by atoms with Crippen LogP contribution in [0, 0.1) is 5.92 Å². The van der Waals surface area contributed by atoms with Crippen LogP contribution in [-0.2, 0) is 9.53 Å². The lowest BCUT2D eigenvalue weighted by molar-refractivity contribution is -0.137. The molecule has 0 aliphatic heterocycles. The molecule has 0 saturated carbocycles. The molecule has 0 unspecified atom stereocenters. The summed E-state index contributed by atoms with van der Waals surface area (Å²) in [6.45, 7) is 9.73. The average molecular weight is 196 g/mol. The lowest BCUT2D eigenvalue weighted by Gasteiger charge is -2.05. The van der Waals surface area contributed by atoms with Gasteiger partial charge < -0.3 is 4.74 Å². The number of rotatable bonds is 4. The Morgan fingerprint density at radius 3 is 2.21 bits per heavy atom. The summed E-state index contributed by atoms with van der Waals surface area (Å²) in [6, 6.07) is 0. The molecule has 0 aromatic carbocycles. The van der Waals surface area contributed by atoms with Gasteiger partial charge in [0.15, 0.2) is 0 Å². The van der Waals surface area contributed by atoms with Gasteiger partial charge in [0.1, 0.15) is 5.76 Å². The number of esters is 1. The van der Waals surface area contributed by atoms with E-state index in [1.165, 1.54) is 12.5 Å². The Kier molecular flexibility index (Phi) is 5.93. The molecule has 0 aliphatic carbocycles. The highest BCUT2D eigenvalue weighted by Crippen LogP contribution is 2.10. The first-order valence-electron chi connectivity index (χ1n) is 5.03. The minimum absolute atomic E-state index is 0.256. The molecular formula is C12H20O2. The van der Waals surface area contributed by atoms with E-state index in [1.807, 2.05) is 19.1 Å². The first-order chi connectivity index (χ1) is 6.47. The van der Waals surface area contributed by atoms with Gasteiger partial charge in [-0.05, 0) is 18.9 Å². The number of carbonyl (C=O) groups excluding carboxylic acids is 1. The van der Waals surface area contributed by atoms with Gasteiger partial charge in [-0.1, -0.05) is 32.4 Å². The van der Waals surface area contributed by atoms with Gasteiger partial charge in [0.25, 0.3) is 0 Å². The van der Waals surface area contributed by atoms with E-state index in [2.05, 4.69) is 20.8 Å². The summed E-state index contributed by atoms with van der Waals surface area (Å²) in [5.41, 5.74) is 1.28. The molecule has 0 N–H and O–H groups in total. The van der Waals surface area contributed by atoms with Gasteiger partial charge in [0.2, 0.25) is 0 Å². The molecule has 0 atom stereocenters. The highest BCUT2D eigenvalue weighted by Gasteiger charge is 1.98. The van der Waals surface area contributed by atoms with E-state index in [4.69, 9.17) is 4.74 Å². The van der Waals surface area contributed by atoms with Crippen LogP contribution in [0.25, 0.3) is 0 Å². The first-order valence-corrected chi connectivity index (χ1v) is 5.03. The van der Waals surface area contributed by atoms with Gasteiger partial charge in [-0.15, -0.1) is 0 Å². The van der Waals surface area contributed by atoms with Crippen molar-refractivity contribution in [1.29, 1.82) is 0 Å². The molecule has 0 amide bonds. The Balaban J connectivity index is 4.45. The summed E-state index contributed by atoms with van der Waals surface area (Å²) in [6.07, 6.45) is 4.62. The van der Waals surface area contributed by atoms with Gasteiger partial charge in [-0.3, -0.25) is 4.79 Å². The molecule has 0 heterocycles. The summed E-state index contributed by atoms with van der Waals surface area (Å²) >= 11 is 0. The third-order valence-corrected chi connectivity index (χ3v) is 2.07. The monoisotopic (exact) mass is 196 g/mol. The molecule has 0 saturated heterocycles. The van der Waals surface area contributed by atoms with Crippen molar-refractivity contribution in [2.75, 3.05) is 0 Å². The van der Waals surface area contributed by atoms with Crippen molar-refractivity contribution < 1.29 is 9.53 Å². The molecule has 0 aromatic heterocycles. The molecule has 0 rings (SSSR count). The molecular weight excluding hydrogens is 176 g/mol. The molecule has 0 fully saturated rings. The standard InChI is InChI=1S/C12H20O2/c1-6-12(14-11(5)13)8-7-10(4)9(2)3/h7-9H,6H2,1-5H3. The molecule has 2 nitrogen and oxygen atoms in total. The van der Waals surface area contributed by atoms with Crippen LogP contribution in [0.1, 0.15) is 41.0 Å². The molecule has 0 bridgehead atoms. The second kappa shape index (κ2) is 6.41. The molecule has 0 radical (unpaired) electrons. The molecule has 0 aliphatic rings. The van der Waals surface area contributed by atoms with Crippen LogP contribution in [0.2, 0.25) is 0 Å². The second-order valence-electron chi connectivity index (χ2n) is 3.65. The Hall–Kier alpha value is -1.05. The summed E-state index contributed by atoms with van der Waals surface area (Å²) in [5, 5.41) is 0. The van der Waals surface area contributed by atoms with Crippen molar-refractivity contribution in [2.45, 2.75) is 41.0 Å². The van der Waals surface area contributed by atoms with Gasteiger partial charge in [-0.25, -0.2) is 0 Å². The van der Waals surface area contributed by atoms with E-state index in [0.29, 0.717) is 5.92 Å². The van der Waals surface area contributed by atoms with Crippen molar-refractivity contribution in [2.24, 2.45) is 5.92 Å². The summed E-state index contributed by atoms with van der Waals surface area (Å²) in [7, 11) is 0. The van der Waals surface area contributed by atoms with Gasteiger partial charge >= 0.3 is 5.97 Å². The molecule has 2 heteroatoms. The summed E-state index contributed by atoms with van der Waals surface area (Å²) in [5.74, 6) is 0.993. The van der Waals surface area contributed by atoms with E-state index in [1.54, 1.807) is 0 Å². The van der Waals surface area contributed by atoms with E-state index >= 15 is 0 Å². The van der Waals surface area contributed by atoms with Crippen LogP contribution < -0.4 is 0 Å². The summed E-state index contributed by atoms with van der Waals surface area (Å²) < 4.78 is 5.01. The van der Waals surface area contributed by atoms with Gasteiger partial charge in [0, 0.05) is 13.3 Å². The Bertz CT molecular complexity index is 247. The van der Waals surface area contributed by atoms with E-state index in [-0.39, 0.29) is 5.97 Å². The fraction of sp³-hybridized carbons (Fsp3) is 0.583. The zero-order chi connectivity index (χ0) is 11.1. The lowest BCUT2D eigenvalue weighted by Crippen LogP contribution is -1.97. The van der Waals surface area contributed by atoms with Crippen LogP contribution in [0.15, 0.2) is 23.5 Å². The predicted molar refractivity (Wildman–Crippen MR) is 58.7 cm³/mol. The van der Waals surface area contributed by atoms with Crippen LogP contribution in [0.5, 0.6) is 0 Å². The smallest absolute Gasteiger partial charge is 0.307 e. The maximum atomic E-state index is 10.7. The van der Waals surface area contributed by atoms with Crippen molar-refractivity contribution >= 4 is 5.97 Å². The highest BCUT2D eigenvalue weighted by molar-refractivity contribution is 5.67. The van der Waals surface area contributed by atoms with Crippen LogP contribution >= 0.6 is 0 Å². The summed E-state index contributed by atoms with van der Waals surface area (Å²) in [4.78, 5) is 10.7. The van der Waals surface area contributed by atoms with Gasteiger partial charge in [-0.2, -0.15) is 0 Å². The first kappa shape index (κ1) is 12.9. The predicted octanol–water partition coefficient (Wildman–Crippen LogP) is 3.45. The third-order valence-electron chi connectivity index (χ3n) is 2.07. The van der Waals surface area contributed by atoms with Crippen molar-refractivity contribution in [3.8, 4) is 0 Å². The third kappa shape index (κ3) is 5.57. The topological polar surface area (TPSA) is 26.3 Å². The zero-order valence-electron chi connectivity index (χ0n) is 9.76. The average Bonchev–Trinajstić information content (AvgIpc) is 2.10. The number of ether oxygens (including phenoxy) is 1. The number of allylic oxidation sites excluding steroid dienone is 4. The number of hydrogen-bond donors (Lipinski definition) is 0. The maximum absolute atomic E-state index is 10.7. The van der Waals surface area contributed by atoms with Crippen LogP contribution in [0.3, 0.4) is 0 Å². The normalized spacial score (nSPS) is 13.3. The van der Waals surface area contributed by atoms with E-state index in [0.717, 1.165) is 12.2 Å². The van der Waals surface area contributed by atoms with Crippen LogP contribution in [0.4, 0.5) is 0 Å². The Labute approximate surface area is 86.6 Å². The second-order valence-corrected chi connectivity index (χ2v) is 3.65. The maximum Gasteiger partial charge on any atom is 0.307 e. The SMILES string of the molecule is CCC(=CC=C(C)C(C)C)OC(C)=O. The molecule has 0 aromatic rings. The largest absolute Gasteiger partial charge is 0.431 e. The zero-order valence-corrected chi connectivity index (χ0v) is 9.76. The fourth-order valence-electron chi connectivity index (χ4n) is 0.825. The van der Waals surface area contributed by atoms with Crippen LogP contribution in [-0.4, -0.2) is 5.97 Å². The number of carbonyl (C=O) groups is 1. The van der Waals surface area contributed by atoms with Crippen molar-refractivity contribution in [1.82, 2.24) is 0 Å². The Morgan fingerprint density at radius 1 is 1.29 bits per heavy atom. The molecule has 80 valence electrons. The fourth-order valence-corrected chi connectivity index (χ4v) is 0.825. The highest BCUT2D eigenvalue weighted by atomic mass is 16.5. The van der Waals surface area contributed by atoms with E-state index in [9.17, 15) is 4.79 Å². The minimum atomic E-state index is -0.256.